The molecule has 0 heterocycles. The molecule has 1 aromatic rings. The molecule has 5 N–H and O–H groups in total. The largest absolute Gasteiger partial charge is 0.495 e. The maximum Gasteiger partial charge on any atom is 0.221 e. The van der Waals surface area contributed by atoms with Crippen molar-refractivity contribution in [3.63, 3.8) is 0 Å². The first kappa shape index (κ1) is 10.2. The molecule has 0 aliphatic rings. The van der Waals surface area contributed by atoms with Crippen LogP contribution in [0.25, 0.3) is 0 Å². The lowest BCUT2D eigenvalue weighted by Gasteiger charge is -2.11. The third-order valence-electron chi connectivity index (χ3n) is 1.78. The molecule has 0 fully saturated rings. The summed E-state index contributed by atoms with van der Waals surface area (Å²) in [4.78, 5) is 10.8. The summed E-state index contributed by atoms with van der Waals surface area (Å²) < 4.78 is 4.97. The van der Waals surface area contributed by atoms with Crippen LogP contribution in [0.15, 0.2) is 12.1 Å². The standard InChI is InChI=1S/C9H13N3O2/c1-5(13)12-6-3-4-7(14-2)9(11)8(6)10/h3-4H,10-11H2,1-2H3,(H,12,13). The van der Waals surface area contributed by atoms with Gasteiger partial charge < -0.3 is 21.5 Å². The van der Waals surface area contributed by atoms with Gasteiger partial charge in [0.15, 0.2) is 0 Å². The number of hydrogen-bond donors (Lipinski definition) is 3. The molecule has 0 aromatic heterocycles. The Labute approximate surface area is 82.0 Å². The van der Waals surface area contributed by atoms with Crippen LogP contribution >= 0.6 is 0 Å². The van der Waals surface area contributed by atoms with Crippen molar-refractivity contribution >= 4 is 23.0 Å². The number of carbonyl (C=O) groups excluding carboxylic acids is 1. The molecule has 5 nitrogen and oxygen atoms in total. The van der Waals surface area contributed by atoms with E-state index in [1.54, 1.807) is 12.1 Å². The van der Waals surface area contributed by atoms with Crippen LogP contribution in [-0.4, -0.2) is 13.0 Å². The number of nitrogen functional groups attached to an aromatic ring is 2. The molecule has 0 radical (unpaired) electrons. The predicted molar refractivity (Wildman–Crippen MR) is 56.1 cm³/mol. The van der Waals surface area contributed by atoms with E-state index in [0.717, 1.165) is 0 Å². The van der Waals surface area contributed by atoms with Crippen molar-refractivity contribution in [2.75, 3.05) is 23.9 Å². The number of hydrogen-bond acceptors (Lipinski definition) is 4. The third kappa shape index (κ3) is 1.87. The zero-order valence-corrected chi connectivity index (χ0v) is 8.13. The summed E-state index contributed by atoms with van der Waals surface area (Å²) in [6.07, 6.45) is 0. The lowest BCUT2D eigenvalue weighted by atomic mass is 10.2. The van der Waals surface area contributed by atoms with E-state index in [0.29, 0.717) is 22.8 Å². The summed E-state index contributed by atoms with van der Waals surface area (Å²) in [5.74, 6) is 0.304. The van der Waals surface area contributed by atoms with Crippen molar-refractivity contribution in [3.8, 4) is 5.75 Å². The molecule has 14 heavy (non-hydrogen) atoms. The van der Waals surface area contributed by atoms with Gasteiger partial charge in [0, 0.05) is 6.92 Å². The molecule has 0 atom stereocenters. The second kappa shape index (κ2) is 3.87. The van der Waals surface area contributed by atoms with Gasteiger partial charge in [-0.2, -0.15) is 0 Å². The molecule has 0 aliphatic heterocycles. The van der Waals surface area contributed by atoms with Crippen LogP contribution in [0.2, 0.25) is 0 Å². The monoisotopic (exact) mass is 195 g/mol. The molecule has 0 saturated heterocycles. The highest BCUT2D eigenvalue weighted by Crippen LogP contribution is 2.33. The number of benzene rings is 1. The summed E-state index contributed by atoms with van der Waals surface area (Å²) in [5.41, 5.74) is 12.5. The molecule has 0 unspecified atom stereocenters. The Hall–Kier alpha value is -1.91. The topological polar surface area (TPSA) is 90.4 Å². The van der Waals surface area contributed by atoms with Crippen LogP contribution in [-0.2, 0) is 4.79 Å². The zero-order valence-electron chi connectivity index (χ0n) is 8.13. The molecule has 0 aliphatic carbocycles. The lowest BCUT2D eigenvalue weighted by Crippen LogP contribution is -2.09. The fraction of sp³-hybridized carbons (Fsp3) is 0.222. The Kier molecular flexibility index (Phi) is 2.81. The van der Waals surface area contributed by atoms with E-state index in [-0.39, 0.29) is 5.91 Å². The van der Waals surface area contributed by atoms with Crippen molar-refractivity contribution in [2.45, 2.75) is 6.92 Å². The van der Waals surface area contributed by atoms with E-state index in [4.69, 9.17) is 16.2 Å². The maximum absolute atomic E-state index is 10.8. The Balaban J connectivity index is 3.10. The second-order valence-electron chi connectivity index (χ2n) is 2.82. The molecule has 0 bridgehead atoms. The van der Waals surface area contributed by atoms with Crippen LogP contribution in [0.1, 0.15) is 6.92 Å². The van der Waals surface area contributed by atoms with Gasteiger partial charge in [0.25, 0.3) is 0 Å². The van der Waals surface area contributed by atoms with Gasteiger partial charge in [0.05, 0.1) is 24.2 Å². The van der Waals surface area contributed by atoms with Gasteiger partial charge >= 0.3 is 0 Å². The Bertz CT molecular complexity index is 363. The number of anilines is 3. The summed E-state index contributed by atoms with van der Waals surface area (Å²) in [5, 5.41) is 2.57. The number of carbonyl (C=O) groups is 1. The Morgan fingerprint density at radius 2 is 2.00 bits per heavy atom. The van der Waals surface area contributed by atoms with Gasteiger partial charge in [-0.15, -0.1) is 0 Å². The summed E-state index contributed by atoms with van der Waals surface area (Å²) in [6.45, 7) is 1.40. The maximum atomic E-state index is 10.8. The molecule has 1 aromatic carbocycles. The first-order valence-electron chi connectivity index (χ1n) is 4.05. The average Bonchev–Trinajstić information content (AvgIpc) is 2.13. The van der Waals surface area contributed by atoms with E-state index in [1.165, 1.54) is 14.0 Å². The summed E-state index contributed by atoms with van der Waals surface area (Å²) >= 11 is 0. The van der Waals surface area contributed by atoms with E-state index < -0.39 is 0 Å². The first-order valence-corrected chi connectivity index (χ1v) is 4.05. The number of nitrogens with one attached hydrogen (secondary N) is 1. The first-order chi connectivity index (χ1) is 6.56. The van der Waals surface area contributed by atoms with Gasteiger partial charge in [0.2, 0.25) is 5.91 Å². The van der Waals surface area contributed by atoms with Crippen LogP contribution in [0.4, 0.5) is 17.1 Å². The fourth-order valence-electron chi connectivity index (χ4n) is 1.09. The normalized spacial score (nSPS) is 9.57. The van der Waals surface area contributed by atoms with Crippen molar-refractivity contribution in [1.29, 1.82) is 0 Å². The van der Waals surface area contributed by atoms with Gasteiger partial charge in [0.1, 0.15) is 5.75 Å². The molecule has 0 saturated carbocycles. The van der Waals surface area contributed by atoms with Crippen LogP contribution < -0.4 is 21.5 Å². The number of ether oxygens (including phenoxy) is 1. The lowest BCUT2D eigenvalue weighted by molar-refractivity contribution is -0.114. The van der Waals surface area contributed by atoms with Crippen LogP contribution in [0.3, 0.4) is 0 Å². The van der Waals surface area contributed by atoms with Gasteiger partial charge in [-0.3, -0.25) is 4.79 Å². The van der Waals surface area contributed by atoms with Crippen LogP contribution in [0, 0.1) is 0 Å². The zero-order chi connectivity index (χ0) is 10.7. The molecular formula is C9H13N3O2. The highest BCUT2D eigenvalue weighted by atomic mass is 16.5. The molecule has 1 rings (SSSR count). The smallest absolute Gasteiger partial charge is 0.221 e. The molecule has 0 spiro atoms. The minimum Gasteiger partial charge on any atom is -0.495 e. The van der Waals surface area contributed by atoms with Crippen molar-refractivity contribution < 1.29 is 9.53 Å². The molecule has 76 valence electrons. The average molecular weight is 195 g/mol. The third-order valence-corrected chi connectivity index (χ3v) is 1.78. The van der Waals surface area contributed by atoms with Gasteiger partial charge in [-0.25, -0.2) is 0 Å². The highest BCUT2D eigenvalue weighted by Gasteiger charge is 2.08. The summed E-state index contributed by atoms with van der Waals surface area (Å²) in [6, 6.07) is 3.29. The fourth-order valence-corrected chi connectivity index (χ4v) is 1.09. The number of methoxy groups -OCH3 is 1. The van der Waals surface area contributed by atoms with Gasteiger partial charge in [-0.05, 0) is 12.1 Å². The predicted octanol–water partition coefficient (Wildman–Crippen LogP) is 0.818. The number of amides is 1. The molecule has 5 heteroatoms. The van der Waals surface area contributed by atoms with E-state index >= 15 is 0 Å². The number of nitrogens with two attached hydrogens (primary N) is 2. The Morgan fingerprint density at radius 1 is 1.36 bits per heavy atom. The minimum absolute atomic E-state index is 0.193. The van der Waals surface area contributed by atoms with Gasteiger partial charge in [-0.1, -0.05) is 0 Å². The van der Waals surface area contributed by atoms with Crippen molar-refractivity contribution in [3.05, 3.63) is 12.1 Å². The highest BCUT2D eigenvalue weighted by molar-refractivity contribution is 5.95. The minimum atomic E-state index is -0.193. The van der Waals surface area contributed by atoms with Crippen LogP contribution in [0.5, 0.6) is 5.75 Å². The number of rotatable bonds is 2. The second-order valence-corrected chi connectivity index (χ2v) is 2.82. The quantitative estimate of drug-likeness (QED) is 0.609. The van der Waals surface area contributed by atoms with Crippen molar-refractivity contribution in [1.82, 2.24) is 0 Å². The molecule has 1 amide bonds. The molecular weight excluding hydrogens is 182 g/mol. The Morgan fingerprint density at radius 3 is 2.50 bits per heavy atom. The van der Waals surface area contributed by atoms with E-state index in [1.807, 2.05) is 0 Å². The SMILES string of the molecule is COc1ccc(NC(C)=O)c(N)c1N. The van der Waals surface area contributed by atoms with Crippen molar-refractivity contribution in [2.24, 2.45) is 0 Å². The van der Waals surface area contributed by atoms with E-state index in [9.17, 15) is 4.79 Å². The summed E-state index contributed by atoms with van der Waals surface area (Å²) in [7, 11) is 1.50. The van der Waals surface area contributed by atoms with E-state index in [2.05, 4.69) is 5.32 Å².